The summed E-state index contributed by atoms with van der Waals surface area (Å²) >= 11 is 0. The van der Waals surface area contributed by atoms with E-state index in [0.717, 1.165) is 0 Å². The van der Waals surface area contributed by atoms with Crippen LogP contribution in [0.1, 0.15) is 0 Å². The van der Waals surface area contributed by atoms with Gasteiger partial charge in [-0.3, -0.25) is 0 Å². The molecule has 5 N–H and O–H groups in total. The van der Waals surface area contributed by atoms with E-state index in [1.54, 1.807) is 0 Å². The number of aliphatic hydroxyl groups excluding tert-OH is 4. The number of nitrogens with one attached hydrogen (secondary N) is 1. The molecule has 6 nitrogen and oxygen atoms in total. The van der Waals surface area contributed by atoms with Crippen molar-refractivity contribution in [1.29, 1.82) is 0 Å². The van der Waals surface area contributed by atoms with E-state index in [-0.39, 0.29) is 0 Å². The Morgan fingerprint density at radius 3 is 2.31 bits per heavy atom. The Morgan fingerprint density at radius 2 is 1.85 bits per heavy atom. The summed E-state index contributed by atoms with van der Waals surface area (Å²) in [7, 11) is 1.53. The molecule has 1 aliphatic heterocycles. The minimum absolute atomic E-state index is 0.439. The van der Waals surface area contributed by atoms with E-state index >= 15 is 0 Å². The molecule has 1 rings (SSSR count). The van der Waals surface area contributed by atoms with Crippen molar-refractivity contribution in [2.45, 2.75) is 30.6 Å². The van der Waals surface area contributed by atoms with Crippen molar-refractivity contribution in [3.05, 3.63) is 0 Å². The zero-order valence-electron chi connectivity index (χ0n) is 7.29. The van der Waals surface area contributed by atoms with E-state index in [2.05, 4.69) is 5.32 Å². The van der Waals surface area contributed by atoms with Gasteiger partial charge < -0.3 is 30.5 Å². The predicted octanol–water partition coefficient (Wildman–Crippen LogP) is -2.99. The normalized spacial score (nSPS) is 46.4. The van der Waals surface area contributed by atoms with E-state index in [1.165, 1.54) is 7.05 Å². The third-order valence-corrected chi connectivity index (χ3v) is 2.23. The third-order valence-electron chi connectivity index (χ3n) is 2.23. The van der Waals surface area contributed by atoms with Gasteiger partial charge in [-0.25, -0.2) is 0 Å². The van der Waals surface area contributed by atoms with Gasteiger partial charge in [-0.15, -0.1) is 0 Å². The van der Waals surface area contributed by atoms with Crippen LogP contribution in [0.3, 0.4) is 0 Å². The van der Waals surface area contributed by atoms with Gasteiger partial charge in [0, 0.05) is 0 Å². The number of ether oxygens (including phenoxy) is 1. The summed E-state index contributed by atoms with van der Waals surface area (Å²) in [6, 6.07) is -0.738. The van der Waals surface area contributed by atoms with Crippen LogP contribution in [-0.4, -0.2) is 64.7 Å². The number of likely N-dealkylation sites (N-methyl/N-ethyl adjacent to an activating group) is 1. The Balaban J connectivity index is 2.66. The first-order valence-corrected chi connectivity index (χ1v) is 4.09. The molecule has 0 radical (unpaired) electrons. The SMILES string of the molecule is CN[C@@H]1C(O)OC(CO)[C@@H](O)[C@@H]1O. The van der Waals surface area contributed by atoms with E-state index in [1.807, 2.05) is 0 Å². The molecular weight excluding hydrogens is 178 g/mol. The van der Waals surface area contributed by atoms with Gasteiger partial charge in [0.1, 0.15) is 18.3 Å². The van der Waals surface area contributed by atoms with Crippen molar-refractivity contribution in [2.75, 3.05) is 13.7 Å². The summed E-state index contributed by atoms with van der Waals surface area (Å²) in [5.41, 5.74) is 0. The van der Waals surface area contributed by atoms with E-state index in [4.69, 9.17) is 9.84 Å². The molecule has 6 heteroatoms. The topological polar surface area (TPSA) is 102 Å². The van der Waals surface area contributed by atoms with Gasteiger partial charge in [-0.2, -0.15) is 0 Å². The van der Waals surface area contributed by atoms with Crippen LogP contribution in [-0.2, 0) is 4.74 Å². The first-order valence-electron chi connectivity index (χ1n) is 4.09. The summed E-state index contributed by atoms with van der Waals surface area (Å²) in [6.45, 7) is -0.439. The maximum atomic E-state index is 9.45. The van der Waals surface area contributed by atoms with Crippen LogP contribution in [0.4, 0.5) is 0 Å². The fourth-order valence-electron chi connectivity index (χ4n) is 1.41. The zero-order valence-corrected chi connectivity index (χ0v) is 7.29. The molecule has 1 heterocycles. The van der Waals surface area contributed by atoms with E-state index in [0.29, 0.717) is 0 Å². The monoisotopic (exact) mass is 193 g/mol. The Morgan fingerprint density at radius 1 is 1.23 bits per heavy atom. The van der Waals surface area contributed by atoms with Crippen LogP contribution in [0.5, 0.6) is 0 Å². The Kier molecular flexibility index (Phi) is 3.60. The molecule has 0 bridgehead atoms. The highest BCUT2D eigenvalue weighted by atomic mass is 16.6. The van der Waals surface area contributed by atoms with Crippen molar-refractivity contribution in [3.8, 4) is 0 Å². The van der Waals surface area contributed by atoms with Gasteiger partial charge in [0.2, 0.25) is 0 Å². The molecule has 0 aliphatic carbocycles. The van der Waals surface area contributed by atoms with Gasteiger partial charge in [0.05, 0.1) is 12.6 Å². The van der Waals surface area contributed by atoms with Crippen molar-refractivity contribution in [3.63, 3.8) is 0 Å². The average Bonchev–Trinajstić information content (AvgIpc) is 2.12. The van der Waals surface area contributed by atoms with Gasteiger partial charge in [0.25, 0.3) is 0 Å². The second-order valence-corrected chi connectivity index (χ2v) is 3.04. The predicted molar refractivity (Wildman–Crippen MR) is 42.8 cm³/mol. The lowest BCUT2D eigenvalue weighted by Gasteiger charge is -2.39. The highest BCUT2D eigenvalue weighted by molar-refractivity contribution is 4.91. The van der Waals surface area contributed by atoms with Crippen LogP contribution in [0, 0.1) is 0 Å². The van der Waals surface area contributed by atoms with Crippen LogP contribution in [0.25, 0.3) is 0 Å². The molecule has 0 amide bonds. The van der Waals surface area contributed by atoms with Crippen molar-refractivity contribution in [2.24, 2.45) is 0 Å². The van der Waals surface area contributed by atoms with Gasteiger partial charge >= 0.3 is 0 Å². The summed E-state index contributed by atoms with van der Waals surface area (Å²) in [4.78, 5) is 0. The second kappa shape index (κ2) is 4.32. The summed E-state index contributed by atoms with van der Waals surface area (Å²) < 4.78 is 4.85. The molecule has 0 spiro atoms. The molecule has 1 saturated heterocycles. The minimum Gasteiger partial charge on any atom is -0.394 e. The second-order valence-electron chi connectivity index (χ2n) is 3.04. The van der Waals surface area contributed by atoms with Gasteiger partial charge in [-0.05, 0) is 7.05 Å². The van der Waals surface area contributed by atoms with E-state index in [9.17, 15) is 15.3 Å². The molecule has 78 valence electrons. The Bertz CT molecular complexity index is 167. The van der Waals surface area contributed by atoms with E-state index < -0.39 is 37.3 Å². The lowest BCUT2D eigenvalue weighted by atomic mass is 9.97. The van der Waals surface area contributed by atoms with Crippen LogP contribution < -0.4 is 5.32 Å². The highest BCUT2D eigenvalue weighted by Crippen LogP contribution is 2.18. The Hall–Kier alpha value is -0.240. The number of hydrogen-bond donors (Lipinski definition) is 5. The fourth-order valence-corrected chi connectivity index (χ4v) is 1.41. The molecule has 1 fully saturated rings. The zero-order chi connectivity index (χ0) is 10.0. The molecule has 0 aromatic rings. The minimum atomic E-state index is -1.22. The summed E-state index contributed by atoms with van der Waals surface area (Å²) in [6.07, 6.45) is -4.49. The Labute approximate surface area is 75.8 Å². The lowest BCUT2D eigenvalue weighted by molar-refractivity contribution is -0.253. The first-order chi connectivity index (χ1) is 6.11. The first kappa shape index (κ1) is 10.8. The molecule has 2 unspecified atom stereocenters. The highest BCUT2D eigenvalue weighted by Gasteiger charge is 2.42. The molecule has 1 aliphatic rings. The maximum absolute atomic E-state index is 9.45. The molecule has 0 aromatic carbocycles. The number of rotatable bonds is 2. The van der Waals surface area contributed by atoms with Crippen LogP contribution in [0.15, 0.2) is 0 Å². The average molecular weight is 193 g/mol. The van der Waals surface area contributed by atoms with Crippen molar-refractivity contribution < 1.29 is 25.2 Å². The van der Waals surface area contributed by atoms with Gasteiger partial charge in [0.15, 0.2) is 6.29 Å². The summed E-state index contributed by atoms with van der Waals surface area (Å²) in [5, 5.41) is 39.4. The van der Waals surface area contributed by atoms with Crippen LogP contribution in [0.2, 0.25) is 0 Å². The van der Waals surface area contributed by atoms with Crippen molar-refractivity contribution in [1.82, 2.24) is 5.32 Å². The molecular formula is C7H15NO5. The smallest absolute Gasteiger partial charge is 0.173 e. The standard InChI is InChI=1S/C7H15NO5/c1-8-4-6(11)5(10)3(2-9)13-7(4)12/h3-12H,2H2,1H3/t3?,4-,5+,6+,7?/m0/s1. The van der Waals surface area contributed by atoms with Crippen LogP contribution >= 0.6 is 0 Å². The largest absolute Gasteiger partial charge is 0.394 e. The summed E-state index contributed by atoms with van der Waals surface area (Å²) in [5.74, 6) is 0. The maximum Gasteiger partial charge on any atom is 0.173 e. The molecule has 5 atom stereocenters. The third kappa shape index (κ3) is 1.98. The van der Waals surface area contributed by atoms with Gasteiger partial charge in [-0.1, -0.05) is 0 Å². The number of hydrogen-bond acceptors (Lipinski definition) is 6. The molecule has 0 aromatic heterocycles. The fraction of sp³-hybridized carbons (Fsp3) is 1.00. The lowest BCUT2D eigenvalue weighted by Crippen LogP contribution is -2.62. The quantitative estimate of drug-likeness (QED) is 0.320. The molecule has 13 heavy (non-hydrogen) atoms. The molecule has 0 saturated carbocycles. The number of aliphatic hydroxyl groups is 4. The van der Waals surface area contributed by atoms with Crippen molar-refractivity contribution >= 4 is 0 Å².